The minimum absolute atomic E-state index is 0.0419. The number of nitrogens with one attached hydrogen (secondary N) is 1. The molecule has 0 saturated carbocycles. The van der Waals surface area contributed by atoms with Crippen molar-refractivity contribution in [1.29, 1.82) is 0 Å². The van der Waals surface area contributed by atoms with Crippen molar-refractivity contribution in [3.8, 4) is 17.2 Å². The maximum Gasteiger partial charge on any atom is 0.264 e. The first-order chi connectivity index (χ1) is 16.7. The fourth-order valence-corrected chi connectivity index (χ4v) is 5.12. The van der Waals surface area contributed by atoms with Crippen LogP contribution in [-0.2, 0) is 14.8 Å². The highest BCUT2D eigenvalue weighted by Crippen LogP contribution is 2.32. The molecule has 8 nitrogen and oxygen atoms in total. The maximum absolute atomic E-state index is 13.7. The van der Waals surface area contributed by atoms with Gasteiger partial charge in [-0.3, -0.25) is 9.10 Å². The van der Waals surface area contributed by atoms with Gasteiger partial charge in [-0.05, 0) is 61.0 Å². The van der Waals surface area contributed by atoms with Gasteiger partial charge in [0.25, 0.3) is 10.0 Å². The number of sulfonamides is 1. The fraction of sp³-hybridized carbons (Fsp3) is 0.240. The van der Waals surface area contributed by atoms with E-state index >= 15 is 0 Å². The molecule has 3 aromatic carbocycles. The maximum atomic E-state index is 13.7. The number of methoxy groups -OCH3 is 3. The van der Waals surface area contributed by atoms with Gasteiger partial charge in [-0.2, -0.15) is 0 Å². The number of rotatable bonds is 10. The standard InChI is InChI=1S/C25H27BrN2O6S/c1-17(18-5-7-19(26)8-6-18)27-25(29)16-28(20-9-11-21(32-2)12-10-20)35(30,31)22-13-14-23(33-3)24(15-22)34-4/h5-15,17H,16H2,1-4H3,(H,27,29)/t17-/m0/s1. The van der Waals surface area contributed by atoms with E-state index in [9.17, 15) is 13.2 Å². The zero-order chi connectivity index (χ0) is 25.6. The average Bonchev–Trinajstić information content (AvgIpc) is 2.87. The van der Waals surface area contributed by atoms with Crippen molar-refractivity contribution >= 4 is 37.5 Å². The molecule has 0 aliphatic rings. The smallest absolute Gasteiger partial charge is 0.264 e. The van der Waals surface area contributed by atoms with Crippen molar-refractivity contribution in [2.75, 3.05) is 32.2 Å². The van der Waals surface area contributed by atoms with E-state index in [1.165, 1.54) is 39.5 Å². The molecule has 0 aliphatic carbocycles. The Balaban J connectivity index is 1.94. The summed E-state index contributed by atoms with van der Waals surface area (Å²) in [6.45, 7) is 1.41. The molecule has 0 spiro atoms. The second-order valence-electron chi connectivity index (χ2n) is 7.57. The molecular weight excluding hydrogens is 536 g/mol. The van der Waals surface area contributed by atoms with E-state index in [-0.39, 0.29) is 16.7 Å². The van der Waals surface area contributed by atoms with Gasteiger partial charge < -0.3 is 19.5 Å². The summed E-state index contributed by atoms with van der Waals surface area (Å²) in [6.07, 6.45) is 0. The van der Waals surface area contributed by atoms with Crippen LogP contribution in [0.4, 0.5) is 5.69 Å². The van der Waals surface area contributed by atoms with Crippen molar-refractivity contribution in [1.82, 2.24) is 5.32 Å². The second-order valence-corrected chi connectivity index (χ2v) is 10.3. The van der Waals surface area contributed by atoms with Crippen LogP contribution in [0.25, 0.3) is 0 Å². The van der Waals surface area contributed by atoms with Crippen LogP contribution < -0.4 is 23.8 Å². The number of ether oxygens (including phenoxy) is 3. The van der Waals surface area contributed by atoms with Gasteiger partial charge in [-0.25, -0.2) is 8.42 Å². The fourth-order valence-electron chi connectivity index (χ4n) is 3.42. The van der Waals surface area contributed by atoms with Gasteiger partial charge in [0, 0.05) is 10.5 Å². The van der Waals surface area contributed by atoms with Crippen LogP contribution in [-0.4, -0.2) is 42.2 Å². The number of hydrogen-bond donors (Lipinski definition) is 1. The molecule has 1 atom stereocenters. The van der Waals surface area contributed by atoms with E-state index in [1.54, 1.807) is 24.3 Å². The van der Waals surface area contributed by atoms with E-state index in [0.29, 0.717) is 17.2 Å². The van der Waals surface area contributed by atoms with Crippen LogP contribution in [0.5, 0.6) is 17.2 Å². The summed E-state index contributed by atoms with van der Waals surface area (Å²) < 4.78 is 45.0. The lowest BCUT2D eigenvalue weighted by atomic mass is 10.1. The van der Waals surface area contributed by atoms with E-state index in [0.717, 1.165) is 14.3 Å². The number of carbonyl (C=O) groups excluding carboxylic acids is 1. The number of amides is 1. The SMILES string of the molecule is COc1ccc(N(CC(=O)N[C@@H](C)c2ccc(Br)cc2)S(=O)(=O)c2ccc(OC)c(OC)c2)cc1. The predicted molar refractivity (Wildman–Crippen MR) is 138 cm³/mol. The molecule has 0 bridgehead atoms. The first-order valence-electron chi connectivity index (χ1n) is 10.6. The average molecular weight is 563 g/mol. The Hall–Kier alpha value is -3.24. The molecule has 3 aromatic rings. The Morgan fingerprint density at radius 3 is 2.11 bits per heavy atom. The number of anilines is 1. The quantitative estimate of drug-likeness (QED) is 0.389. The summed E-state index contributed by atoms with van der Waals surface area (Å²) in [5.74, 6) is 0.755. The first-order valence-corrected chi connectivity index (χ1v) is 12.9. The number of benzene rings is 3. The van der Waals surface area contributed by atoms with Crippen LogP contribution in [0, 0.1) is 0 Å². The summed E-state index contributed by atoms with van der Waals surface area (Å²) in [5, 5.41) is 2.87. The van der Waals surface area contributed by atoms with Gasteiger partial charge >= 0.3 is 0 Å². The van der Waals surface area contributed by atoms with Gasteiger partial charge in [0.1, 0.15) is 12.3 Å². The van der Waals surface area contributed by atoms with Gasteiger partial charge in [0.2, 0.25) is 5.91 Å². The van der Waals surface area contributed by atoms with Crippen molar-refractivity contribution < 1.29 is 27.4 Å². The second kappa shape index (κ2) is 11.5. The van der Waals surface area contributed by atoms with Gasteiger partial charge in [0.05, 0.1) is 38.0 Å². The Kier molecular flexibility index (Phi) is 8.63. The Bertz CT molecular complexity index is 1260. The third kappa shape index (κ3) is 6.26. The van der Waals surface area contributed by atoms with Crippen LogP contribution in [0.3, 0.4) is 0 Å². The zero-order valence-corrected chi connectivity index (χ0v) is 22.2. The lowest BCUT2D eigenvalue weighted by molar-refractivity contribution is -0.120. The van der Waals surface area contributed by atoms with Crippen LogP contribution in [0.1, 0.15) is 18.5 Å². The molecule has 0 aromatic heterocycles. The molecule has 186 valence electrons. The molecule has 0 fully saturated rings. The molecular formula is C25H27BrN2O6S. The summed E-state index contributed by atoms with van der Waals surface area (Å²) >= 11 is 3.39. The van der Waals surface area contributed by atoms with Crippen molar-refractivity contribution in [3.63, 3.8) is 0 Å². The molecule has 1 amide bonds. The van der Waals surface area contributed by atoms with E-state index in [1.807, 2.05) is 31.2 Å². The van der Waals surface area contributed by atoms with Crippen LogP contribution >= 0.6 is 15.9 Å². The lowest BCUT2D eigenvalue weighted by Gasteiger charge is -2.25. The Morgan fingerprint density at radius 1 is 0.914 bits per heavy atom. The number of halogens is 1. The summed E-state index contributed by atoms with van der Waals surface area (Å²) in [4.78, 5) is 13.0. The first kappa shape index (κ1) is 26.4. The van der Waals surface area contributed by atoms with Crippen LogP contribution in [0.15, 0.2) is 76.1 Å². The largest absolute Gasteiger partial charge is 0.497 e. The summed E-state index contributed by atoms with van der Waals surface area (Å²) in [5.41, 5.74) is 1.20. The zero-order valence-electron chi connectivity index (χ0n) is 19.8. The molecule has 10 heteroatoms. The highest BCUT2D eigenvalue weighted by molar-refractivity contribution is 9.10. The van der Waals surface area contributed by atoms with Crippen molar-refractivity contribution in [3.05, 3.63) is 76.8 Å². The highest BCUT2D eigenvalue weighted by Gasteiger charge is 2.29. The van der Waals surface area contributed by atoms with Gasteiger partial charge in [-0.15, -0.1) is 0 Å². The van der Waals surface area contributed by atoms with Crippen molar-refractivity contribution in [2.24, 2.45) is 0 Å². The molecule has 1 N–H and O–H groups in total. The third-order valence-corrected chi connectivity index (χ3v) is 7.64. The monoisotopic (exact) mass is 562 g/mol. The Morgan fingerprint density at radius 2 is 1.54 bits per heavy atom. The molecule has 0 unspecified atom stereocenters. The minimum atomic E-state index is -4.14. The highest BCUT2D eigenvalue weighted by atomic mass is 79.9. The number of carbonyl (C=O) groups is 1. The van der Waals surface area contributed by atoms with E-state index in [4.69, 9.17) is 14.2 Å². The predicted octanol–water partition coefficient (Wildman–Crippen LogP) is 4.55. The lowest BCUT2D eigenvalue weighted by Crippen LogP contribution is -2.41. The van der Waals surface area contributed by atoms with E-state index < -0.39 is 22.5 Å². The molecule has 0 heterocycles. The topological polar surface area (TPSA) is 94.2 Å². The van der Waals surface area contributed by atoms with Crippen LogP contribution in [0.2, 0.25) is 0 Å². The molecule has 35 heavy (non-hydrogen) atoms. The van der Waals surface area contributed by atoms with Gasteiger partial charge in [0.15, 0.2) is 11.5 Å². The minimum Gasteiger partial charge on any atom is -0.497 e. The van der Waals surface area contributed by atoms with Gasteiger partial charge in [-0.1, -0.05) is 28.1 Å². The molecule has 0 aliphatic heterocycles. The Labute approximate surface area is 214 Å². The molecule has 0 radical (unpaired) electrons. The number of nitrogens with zero attached hydrogens (tertiary/aromatic N) is 1. The molecule has 0 saturated heterocycles. The third-order valence-electron chi connectivity index (χ3n) is 5.34. The number of hydrogen-bond acceptors (Lipinski definition) is 6. The van der Waals surface area contributed by atoms with Crippen molar-refractivity contribution in [2.45, 2.75) is 17.9 Å². The summed E-state index contributed by atoms with van der Waals surface area (Å²) in [7, 11) is 0.263. The van der Waals surface area contributed by atoms with E-state index in [2.05, 4.69) is 21.2 Å². The normalized spacial score (nSPS) is 11.9. The molecule has 3 rings (SSSR count). The summed E-state index contributed by atoms with van der Waals surface area (Å²) in [6, 6.07) is 17.9.